The number of piperidine rings is 1. The molecule has 2 aromatic rings. The van der Waals surface area contributed by atoms with Crippen molar-refractivity contribution in [3.05, 3.63) is 17.3 Å². The predicted octanol–water partition coefficient (Wildman–Crippen LogP) is 2.55. The average molecular weight is 397 g/mol. The molecule has 0 spiro atoms. The first kappa shape index (κ1) is 17.6. The number of thiophene rings is 1. The van der Waals surface area contributed by atoms with Crippen LogP contribution in [-0.4, -0.2) is 47.0 Å². The van der Waals surface area contributed by atoms with Gasteiger partial charge in [-0.1, -0.05) is 11.6 Å². The summed E-state index contributed by atoms with van der Waals surface area (Å²) in [6.07, 6.45) is 4.31. The molecule has 1 aliphatic heterocycles. The molecule has 1 atom stereocenters. The fraction of sp³-hybridized carbons (Fsp3) is 0.562. The lowest BCUT2D eigenvalue weighted by atomic mass is 9.85. The second kappa shape index (κ2) is 6.75. The Morgan fingerprint density at radius 3 is 2.81 bits per heavy atom. The third kappa shape index (κ3) is 3.17. The van der Waals surface area contributed by atoms with Crippen LogP contribution in [0.5, 0.6) is 0 Å². The Hall–Kier alpha value is -1.78. The highest BCUT2D eigenvalue weighted by molar-refractivity contribution is 7.91. The van der Waals surface area contributed by atoms with E-state index in [1.807, 2.05) is 0 Å². The topological polar surface area (TPSA) is 114 Å². The van der Waals surface area contributed by atoms with Crippen LogP contribution in [0.2, 0.25) is 0 Å². The first-order valence-corrected chi connectivity index (χ1v) is 10.9. The average Bonchev–Trinajstić information content (AvgIpc) is 3.22. The normalized spacial score (nSPS) is 22.2. The van der Waals surface area contributed by atoms with Crippen LogP contribution in [0, 0.1) is 5.92 Å². The molecule has 1 saturated carbocycles. The third-order valence-electron chi connectivity index (χ3n) is 5.06. The van der Waals surface area contributed by atoms with Crippen LogP contribution < -0.4 is 0 Å². The summed E-state index contributed by atoms with van der Waals surface area (Å²) in [7, 11) is -3.72. The Kier molecular flexibility index (Phi) is 4.57. The van der Waals surface area contributed by atoms with Crippen LogP contribution in [0.3, 0.4) is 0 Å². The molecule has 2 aromatic heterocycles. The number of nitrogens with zero attached hydrogens (tertiary/aromatic N) is 3. The van der Waals surface area contributed by atoms with Crippen LogP contribution in [0.15, 0.2) is 20.2 Å². The van der Waals surface area contributed by atoms with Gasteiger partial charge in [0.05, 0.1) is 5.92 Å². The summed E-state index contributed by atoms with van der Waals surface area (Å²) < 4.78 is 32.4. The second-order valence-electron chi connectivity index (χ2n) is 6.78. The zero-order valence-corrected chi connectivity index (χ0v) is 15.6. The van der Waals surface area contributed by atoms with Gasteiger partial charge in [-0.25, -0.2) is 8.42 Å². The highest BCUT2D eigenvalue weighted by Crippen LogP contribution is 2.37. The van der Waals surface area contributed by atoms with Crippen molar-refractivity contribution >= 4 is 27.3 Å². The molecule has 8 nitrogen and oxygen atoms in total. The number of aliphatic carboxylic acids is 1. The first-order valence-electron chi connectivity index (χ1n) is 8.60. The summed E-state index contributed by atoms with van der Waals surface area (Å²) >= 11 is 1.09. The molecule has 2 fully saturated rings. The Bertz CT molecular complexity index is 916. The Labute approximate surface area is 154 Å². The molecule has 0 aromatic carbocycles. The van der Waals surface area contributed by atoms with Crippen molar-refractivity contribution in [3.8, 4) is 11.4 Å². The molecule has 3 heterocycles. The van der Waals surface area contributed by atoms with Gasteiger partial charge in [0.15, 0.2) is 0 Å². The number of hydrogen-bond acceptors (Lipinski definition) is 7. The van der Waals surface area contributed by atoms with Gasteiger partial charge in [0.1, 0.15) is 4.21 Å². The van der Waals surface area contributed by atoms with Crippen molar-refractivity contribution in [2.24, 2.45) is 5.92 Å². The summed E-state index contributed by atoms with van der Waals surface area (Å²) in [5.74, 6) is -0.277. The summed E-state index contributed by atoms with van der Waals surface area (Å²) in [4.78, 5) is 15.6. The number of sulfonamides is 1. The number of rotatable bonds is 5. The monoisotopic (exact) mass is 397 g/mol. The molecule has 10 heteroatoms. The van der Waals surface area contributed by atoms with E-state index in [4.69, 9.17) is 4.52 Å². The van der Waals surface area contributed by atoms with Gasteiger partial charge in [0, 0.05) is 30.0 Å². The molecule has 2 aliphatic rings. The van der Waals surface area contributed by atoms with Gasteiger partial charge in [-0.15, -0.1) is 11.3 Å². The fourth-order valence-electron chi connectivity index (χ4n) is 3.23. The maximum absolute atomic E-state index is 12.8. The van der Waals surface area contributed by atoms with E-state index in [0.29, 0.717) is 42.6 Å². The van der Waals surface area contributed by atoms with E-state index in [1.165, 1.54) is 4.31 Å². The zero-order chi connectivity index (χ0) is 18.3. The molecular weight excluding hydrogens is 378 g/mol. The number of carbonyl (C=O) groups is 1. The predicted molar refractivity (Wildman–Crippen MR) is 93.3 cm³/mol. The van der Waals surface area contributed by atoms with Crippen LogP contribution in [0.1, 0.15) is 43.9 Å². The molecule has 0 amide bonds. The molecule has 1 N–H and O–H groups in total. The van der Waals surface area contributed by atoms with Gasteiger partial charge in [-0.3, -0.25) is 4.79 Å². The van der Waals surface area contributed by atoms with Crippen molar-refractivity contribution < 1.29 is 22.8 Å². The van der Waals surface area contributed by atoms with Crippen molar-refractivity contribution in [3.63, 3.8) is 0 Å². The number of hydrogen-bond donors (Lipinski definition) is 1. The largest absolute Gasteiger partial charge is 0.481 e. The van der Waals surface area contributed by atoms with E-state index in [1.54, 1.807) is 11.4 Å². The molecular formula is C16H19N3O5S2. The molecule has 0 bridgehead atoms. The molecule has 4 rings (SSSR count). The minimum absolute atomic E-state index is 0.0128. The van der Waals surface area contributed by atoms with Crippen molar-refractivity contribution in [1.29, 1.82) is 0 Å². The van der Waals surface area contributed by atoms with Crippen molar-refractivity contribution in [2.45, 2.75) is 42.2 Å². The first-order chi connectivity index (χ1) is 12.4. The Morgan fingerprint density at radius 2 is 2.12 bits per heavy atom. The minimum Gasteiger partial charge on any atom is -0.481 e. The standard InChI is InChI=1S/C16H19N3O5S2/c20-16(21)11-5-2-6-19(8-11)26(22,23)13-7-12(9-25-13)14-17-15(24-18-14)10-3-1-4-10/h7,9-11H,1-6,8H2,(H,20,21). The van der Waals surface area contributed by atoms with E-state index < -0.39 is 21.9 Å². The molecule has 1 saturated heterocycles. The maximum Gasteiger partial charge on any atom is 0.307 e. The number of carboxylic acid groups (broad SMARTS) is 1. The SMILES string of the molecule is O=C(O)C1CCCN(S(=O)(=O)c2cc(-c3noc(C4CCC4)n3)cs2)C1. The molecule has 1 unspecified atom stereocenters. The summed E-state index contributed by atoms with van der Waals surface area (Å²) in [5.41, 5.74) is 0.606. The van der Waals surface area contributed by atoms with E-state index >= 15 is 0 Å². The van der Waals surface area contributed by atoms with Crippen LogP contribution >= 0.6 is 11.3 Å². The molecule has 0 radical (unpaired) electrons. The Morgan fingerprint density at radius 1 is 1.31 bits per heavy atom. The fourth-order valence-corrected chi connectivity index (χ4v) is 6.07. The maximum atomic E-state index is 12.8. The van der Waals surface area contributed by atoms with Crippen LogP contribution in [0.25, 0.3) is 11.4 Å². The lowest BCUT2D eigenvalue weighted by Gasteiger charge is -2.29. The third-order valence-corrected chi connectivity index (χ3v) is 8.34. The van der Waals surface area contributed by atoms with E-state index in [9.17, 15) is 18.3 Å². The summed E-state index contributed by atoms with van der Waals surface area (Å²) in [6, 6.07) is 1.54. The molecule has 1 aliphatic carbocycles. The van der Waals surface area contributed by atoms with E-state index in [0.717, 1.165) is 30.6 Å². The van der Waals surface area contributed by atoms with Gasteiger partial charge >= 0.3 is 5.97 Å². The highest BCUT2D eigenvalue weighted by atomic mass is 32.2. The van der Waals surface area contributed by atoms with E-state index in [-0.39, 0.29) is 10.8 Å². The minimum atomic E-state index is -3.72. The second-order valence-corrected chi connectivity index (χ2v) is 9.85. The number of carboxylic acids is 1. The van der Waals surface area contributed by atoms with Gasteiger partial charge in [0.25, 0.3) is 10.0 Å². The number of aromatic nitrogens is 2. The highest BCUT2D eigenvalue weighted by Gasteiger charge is 2.34. The summed E-state index contributed by atoms with van der Waals surface area (Å²) in [6.45, 7) is 0.353. The van der Waals surface area contributed by atoms with Crippen molar-refractivity contribution in [1.82, 2.24) is 14.4 Å². The quantitative estimate of drug-likeness (QED) is 0.824. The van der Waals surface area contributed by atoms with Gasteiger partial charge in [0.2, 0.25) is 11.7 Å². The molecule has 140 valence electrons. The Balaban J connectivity index is 1.54. The zero-order valence-electron chi connectivity index (χ0n) is 14.0. The lowest BCUT2D eigenvalue weighted by molar-refractivity contribution is -0.142. The smallest absolute Gasteiger partial charge is 0.307 e. The molecule has 26 heavy (non-hydrogen) atoms. The van der Waals surface area contributed by atoms with Gasteiger partial charge in [-0.2, -0.15) is 9.29 Å². The lowest BCUT2D eigenvalue weighted by Crippen LogP contribution is -2.42. The van der Waals surface area contributed by atoms with Crippen LogP contribution in [-0.2, 0) is 14.8 Å². The summed E-state index contributed by atoms with van der Waals surface area (Å²) in [5, 5.41) is 14.8. The van der Waals surface area contributed by atoms with E-state index in [2.05, 4.69) is 10.1 Å². The van der Waals surface area contributed by atoms with Crippen molar-refractivity contribution in [2.75, 3.05) is 13.1 Å². The van der Waals surface area contributed by atoms with Crippen LogP contribution in [0.4, 0.5) is 0 Å². The van der Waals surface area contributed by atoms with Gasteiger partial charge < -0.3 is 9.63 Å². The van der Waals surface area contributed by atoms with Gasteiger partial charge in [-0.05, 0) is 31.7 Å².